The molecule has 1 atom stereocenters. The number of rotatable bonds is 4. The first-order valence-corrected chi connectivity index (χ1v) is 10.3. The summed E-state index contributed by atoms with van der Waals surface area (Å²) in [4.78, 5) is 19.7. The molecule has 1 amide bonds. The highest BCUT2D eigenvalue weighted by Gasteiger charge is 2.45. The minimum absolute atomic E-state index is 0.145. The molecular formula is C24H23N5O3. The summed E-state index contributed by atoms with van der Waals surface area (Å²) in [5.74, 6) is 0.518. The largest absolute Gasteiger partial charge is 0.496 e. The van der Waals surface area contributed by atoms with Crippen LogP contribution in [0.1, 0.15) is 54.1 Å². The molecule has 0 fully saturated rings. The van der Waals surface area contributed by atoms with Crippen LogP contribution in [0.25, 0.3) is 11.3 Å². The molecule has 162 valence electrons. The smallest absolute Gasteiger partial charge is 0.277 e. The molecule has 4 aromatic rings. The second-order valence-electron chi connectivity index (χ2n) is 8.74. The van der Waals surface area contributed by atoms with Crippen LogP contribution < -0.4 is 9.64 Å². The standard InChI is InChI=1S/C24H23N5O3/c1-24(2,3)22-19-20(26-27-22)23(30)29(21(19)16-13-25-11-9-18(16)31-4)15-7-5-14(6-8-15)17-10-12-32-28-17/h5-13,21H,1-4H3,(H,26,27). The number of benzene rings is 1. The molecule has 8 nitrogen and oxygen atoms in total. The number of methoxy groups -OCH3 is 1. The van der Waals surface area contributed by atoms with Crippen LogP contribution in [0.3, 0.4) is 0 Å². The number of carbonyl (C=O) groups excluding carboxylic acids is 1. The van der Waals surface area contributed by atoms with Crippen molar-refractivity contribution in [3.05, 3.63) is 77.6 Å². The lowest BCUT2D eigenvalue weighted by Crippen LogP contribution is -2.30. The van der Waals surface area contributed by atoms with Crippen molar-refractivity contribution in [2.45, 2.75) is 32.2 Å². The van der Waals surface area contributed by atoms with Crippen LogP contribution in [-0.4, -0.2) is 33.4 Å². The Morgan fingerprint density at radius 2 is 1.91 bits per heavy atom. The van der Waals surface area contributed by atoms with E-state index >= 15 is 0 Å². The normalized spacial score (nSPS) is 15.8. The highest BCUT2D eigenvalue weighted by molar-refractivity contribution is 6.11. The fourth-order valence-corrected chi connectivity index (χ4v) is 4.22. The first-order chi connectivity index (χ1) is 15.4. The fourth-order valence-electron chi connectivity index (χ4n) is 4.22. The van der Waals surface area contributed by atoms with Gasteiger partial charge in [0, 0.05) is 46.3 Å². The number of aromatic amines is 1. The van der Waals surface area contributed by atoms with E-state index in [1.807, 2.05) is 24.3 Å². The summed E-state index contributed by atoms with van der Waals surface area (Å²) in [7, 11) is 1.62. The Labute approximate surface area is 185 Å². The van der Waals surface area contributed by atoms with E-state index in [4.69, 9.17) is 9.26 Å². The molecule has 0 saturated heterocycles. The number of H-pyrrole nitrogens is 1. The number of carbonyl (C=O) groups is 1. The van der Waals surface area contributed by atoms with Gasteiger partial charge in [0.05, 0.1) is 18.8 Å². The maximum absolute atomic E-state index is 13.6. The van der Waals surface area contributed by atoms with Gasteiger partial charge in [-0.2, -0.15) is 5.10 Å². The van der Waals surface area contributed by atoms with Crippen molar-refractivity contribution in [1.29, 1.82) is 0 Å². The van der Waals surface area contributed by atoms with Gasteiger partial charge in [0.15, 0.2) is 0 Å². The van der Waals surface area contributed by atoms with Crippen LogP contribution in [0.5, 0.6) is 5.75 Å². The molecule has 4 heterocycles. The fraction of sp³-hybridized carbons (Fsp3) is 0.250. The topological polar surface area (TPSA) is 97.1 Å². The van der Waals surface area contributed by atoms with Crippen molar-refractivity contribution < 1.29 is 14.1 Å². The van der Waals surface area contributed by atoms with Crippen molar-refractivity contribution >= 4 is 11.6 Å². The summed E-state index contributed by atoms with van der Waals surface area (Å²) >= 11 is 0. The van der Waals surface area contributed by atoms with Gasteiger partial charge in [-0.1, -0.05) is 38.1 Å². The van der Waals surface area contributed by atoms with E-state index in [9.17, 15) is 4.79 Å². The number of nitrogens with zero attached hydrogens (tertiary/aromatic N) is 4. The average molecular weight is 429 g/mol. The zero-order valence-electron chi connectivity index (χ0n) is 18.3. The minimum Gasteiger partial charge on any atom is -0.496 e. The molecule has 5 rings (SSSR count). The van der Waals surface area contributed by atoms with Crippen LogP contribution in [-0.2, 0) is 5.41 Å². The summed E-state index contributed by atoms with van der Waals surface area (Å²) in [6.45, 7) is 6.25. The summed E-state index contributed by atoms with van der Waals surface area (Å²) < 4.78 is 10.6. The lowest BCUT2D eigenvalue weighted by atomic mass is 9.85. The summed E-state index contributed by atoms with van der Waals surface area (Å²) in [5.41, 5.74) is 5.13. The minimum atomic E-state index is -0.424. The van der Waals surface area contributed by atoms with Crippen molar-refractivity contribution in [2.75, 3.05) is 12.0 Å². The van der Waals surface area contributed by atoms with Gasteiger partial charge in [-0.15, -0.1) is 0 Å². The molecule has 1 unspecified atom stereocenters. The van der Waals surface area contributed by atoms with Crippen molar-refractivity contribution in [3.8, 4) is 17.0 Å². The molecule has 1 aromatic carbocycles. The molecule has 0 bridgehead atoms. The number of anilines is 1. The summed E-state index contributed by atoms with van der Waals surface area (Å²) in [6.07, 6.45) is 4.96. The van der Waals surface area contributed by atoms with Gasteiger partial charge in [-0.25, -0.2) is 0 Å². The Balaban J connectivity index is 1.68. The quantitative estimate of drug-likeness (QED) is 0.512. The molecule has 3 aromatic heterocycles. The molecule has 1 aliphatic rings. The number of hydrogen-bond donors (Lipinski definition) is 1. The average Bonchev–Trinajstić information content (AvgIpc) is 3.51. The predicted octanol–water partition coefficient (Wildman–Crippen LogP) is 4.52. The number of pyridine rings is 1. The second-order valence-corrected chi connectivity index (χ2v) is 8.74. The number of amides is 1. The Morgan fingerprint density at radius 1 is 1.12 bits per heavy atom. The van der Waals surface area contributed by atoms with Crippen molar-refractivity contribution in [2.24, 2.45) is 0 Å². The molecule has 0 radical (unpaired) electrons. The SMILES string of the molecule is COc1ccncc1C1c2c(C(C)(C)C)n[nH]c2C(=O)N1c1ccc(-c2ccon2)cc1. The van der Waals surface area contributed by atoms with Gasteiger partial charge in [0.25, 0.3) is 5.91 Å². The van der Waals surface area contributed by atoms with E-state index in [0.29, 0.717) is 11.4 Å². The zero-order valence-corrected chi connectivity index (χ0v) is 18.3. The zero-order chi connectivity index (χ0) is 22.5. The van der Waals surface area contributed by atoms with Crippen molar-refractivity contribution in [3.63, 3.8) is 0 Å². The number of hydrogen-bond acceptors (Lipinski definition) is 6. The lowest BCUT2D eigenvalue weighted by Gasteiger charge is -2.29. The number of aromatic nitrogens is 4. The number of ether oxygens (including phenoxy) is 1. The number of fused-ring (bicyclic) bond motifs is 1. The predicted molar refractivity (Wildman–Crippen MR) is 119 cm³/mol. The Morgan fingerprint density at radius 3 is 2.56 bits per heavy atom. The lowest BCUT2D eigenvalue weighted by molar-refractivity contribution is 0.0988. The van der Waals surface area contributed by atoms with E-state index in [-0.39, 0.29) is 11.3 Å². The maximum atomic E-state index is 13.6. The number of nitrogens with one attached hydrogen (secondary N) is 1. The summed E-state index contributed by atoms with van der Waals surface area (Å²) in [6, 6.07) is 10.8. The van der Waals surface area contributed by atoms with Crippen LogP contribution >= 0.6 is 0 Å². The van der Waals surface area contributed by atoms with Gasteiger partial charge in [-0.3, -0.25) is 19.8 Å². The molecule has 0 aliphatic carbocycles. The molecule has 0 spiro atoms. The van der Waals surface area contributed by atoms with E-state index in [1.54, 1.807) is 36.5 Å². The molecule has 1 aliphatic heterocycles. The Bertz CT molecular complexity index is 1270. The van der Waals surface area contributed by atoms with Gasteiger partial charge < -0.3 is 9.26 Å². The summed E-state index contributed by atoms with van der Waals surface area (Å²) in [5, 5.41) is 11.5. The van der Waals surface area contributed by atoms with Crippen molar-refractivity contribution in [1.82, 2.24) is 20.3 Å². The van der Waals surface area contributed by atoms with Gasteiger partial charge in [-0.05, 0) is 18.2 Å². The van der Waals surface area contributed by atoms with Gasteiger partial charge in [0.1, 0.15) is 23.4 Å². The monoisotopic (exact) mass is 429 g/mol. The van der Waals surface area contributed by atoms with E-state index in [0.717, 1.165) is 33.8 Å². The molecule has 8 heteroatoms. The third-order valence-electron chi connectivity index (χ3n) is 5.68. The third kappa shape index (κ3) is 3.07. The first-order valence-electron chi connectivity index (χ1n) is 10.3. The van der Waals surface area contributed by atoms with E-state index < -0.39 is 6.04 Å². The molecule has 1 N–H and O–H groups in total. The van der Waals surface area contributed by atoms with E-state index in [1.165, 1.54) is 6.26 Å². The molecular weight excluding hydrogens is 406 g/mol. The van der Waals surface area contributed by atoms with Gasteiger partial charge in [0.2, 0.25) is 0 Å². The molecule has 0 saturated carbocycles. The maximum Gasteiger partial charge on any atom is 0.277 e. The first kappa shape index (κ1) is 20.0. The second kappa shape index (κ2) is 7.33. The van der Waals surface area contributed by atoms with Gasteiger partial charge >= 0.3 is 0 Å². The van der Waals surface area contributed by atoms with Crippen LogP contribution in [0.15, 0.2) is 59.6 Å². The van der Waals surface area contributed by atoms with Crippen LogP contribution in [0, 0.1) is 0 Å². The third-order valence-corrected chi connectivity index (χ3v) is 5.68. The highest BCUT2D eigenvalue weighted by atomic mass is 16.5. The van der Waals surface area contributed by atoms with E-state index in [2.05, 4.69) is 41.1 Å². The Kier molecular flexibility index (Phi) is 4.58. The highest BCUT2D eigenvalue weighted by Crippen LogP contribution is 2.47. The van der Waals surface area contributed by atoms with Crippen LogP contribution in [0.2, 0.25) is 0 Å². The Hall–Kier alpha value is -3.94. The molecule has 32 heavy (non-hydrogen) atoms. The van der Waals surface area contributed by atoms with Crippen LogP contribution in [0.4, 0.5) is 5.69 Å².